The third kappa shape index (κ3) is 3.09. The predicted molar refractivity (Wildman–Crippen MR) is 71.1 cm³/mol. The highest BCUT2D eigenvalue weighted by Crippen LogP contribution is 2.22. The van der Waals surface area contributed by atoms with Gasteiger partial charge in [0.2, 0.25) is 0 Å². The van der Waals surface area contributed by atoms with E-state index >= 15 is 0 Å². The number of methoxy groups -OCH3 is 1. The van der Waals surface area contributed by atoms with Crippen molar-refractivity contribution < 1.29 is 9.53 Å². The normalized spacial score (nSPS) is 16.6. The summed E-state index contributed by atoms with van der Waals surface area (Å²) in [6.45, 7) is 6.55. The smallest absolute Gasteiger partial charge is 0.159 e. The lowest BCUT2D eigenvalue weighted by atomic mass is 10.1. The van der Waals surface area contributed by atoms with E-state index in [1.165, 1.54) is 0 Å². The number of hydrogen-bond donors (Lipinski definition) is 1. The lowest BCUT2D eigenvalue weighted by Gasteiger charge is -2.27. The summed E-state index contributed by atoms with van der Waals surface area (Å²) < 4.78 is 5.37. The lowest BCUT2D eigenvalue weighted by Crippen LogP contribution is -2.42. The fourth-order valence-electron chi connectivity index (χ4n) is 2.23. The molecule has 2 rings (SSSR count). The highest BCUT2D eigenvalue weighted by molar-refractivity contribution is 5.94. The SMILES string of the molecule is COc1ccc(C(C)=O)cc1CN1CCNCC1. The van der Waals surface area contributed by atoms with Crippen molar-refractivity contribution in [2.75, 3.05) is 33.3 Å². The average molecular weight is 248 g/mol. The number of carbonyl (C=O) groups is 1. The molecule has 1 aromatic rings. The minimum absolute atomic E-state index is 0.0965. The number of rotatable bonds is 4. The number of nitrogens with zero attached hydrogens (tertiary/aromatic N) is 1. The van der Waals surface area contributed by atoms with Crippen LogP contribution < -0.4 is 10.1 Å². The Kier molecular flexibility index (Phi) is 4.33. The summed E-state index contributed by atoms with van der Waals surface area (Å²) in [5.74, 6) is 0.956. The largest absolute Gasteiger partial charge is 0.496 e. The van der Waals surface area contributed by atoms with Gasteiger partial charge in [-0.05, 0) is 25.1 Å². The van der Waals surface area contributed by atoms with Gasteiger partial charge < -0.3 is 10.1 Å². The zero-order valence-electron chi connectivity index (χ0n) is 11.0. The third-order valence-electron chi connectivity index (χ3n) is 3.29. The standard InChI is InChI=1S/C14H20N2O2/c1-11(17)12-3-4-14(18-2)13(9-12)10-16-7-5-15-6-8-16/h3-4,9,15H,5-8,10H2,1-2H3. The molecule has 0 saturated carbocycles. The molecule has 0 unspecified atom stereocenters. The maximum absolute atomic E-state index is 11.4. The summed E-state index contributed by atoms with van der Waals surface area (Å²) >= 11 is 0. The van der Waals surface area contributed by atoms with Crippen LogP contribution in [0.3, 0.4) is 0 Å². The Labute approximate surface area is 108 Å². The number of hydrogen-bond acceptors (Lipinski definition) is 4. The molecule has 0 atom stereocenters. The van der Waals surface area contributed by atoms with Gasteiger partial charge >= 0.3 is 0 Å². The first kappa shape index (κ1) is 13.1. The molecule has 18 heavy (non-hydrogen) atoms. The molecule has 1 aromatic carbocycles. The third-order valence-corrected chi connectivity index (χ3v) is 3.29. The van der Waals surface area contributed by atoms with Gasteiger partial charge in [-0.25, -0.2) is 0 Å². The topological polar surface area (TPSA) is 41.6 Å². The molecule has 4 heteroatoms. The van der Waals surface area contributed by atoms with Crippen molar-refractivity contribution in [3.05, 3.63) is 29.3 Å². The Hall–Kier alpha value is -1.39. The van der Waals surface area contributed by atoms with Crippen molar-refractivity contribution in [2.45, 2.75) is 13.5 Å². The van der Waals surface area contributed by atoms with Gasteiger partial charge in [-0.2, -0.15) is 0 Å². The van der Waals surface area contributed by atoms with E-state index in [0.29, 0.717) is 0 Å². The Morgan fingerprint density at radius 3 is 2.72 bits per heavy atom. The Morgan fingerprint density at radius 2 is 2.11 bits per heavy atom. The molecule has 1 N–H and O–H groups in total. The zero-order valence-corrected chi connectivity index (χ0v) is 11.0. The van der Waals surface area contributed by atoms with Crippen LogP contribution in [-0.4, -0.2) is 44.0 Å². The second-order valence-electron chi connectivity index (χ2n) is 4.61. The molecular formula is C14H20N2O2. The lowest BCUT2D eigenvalue weighted by molar-refractivity contribution is 0.101. The summed E-state index contributed by atoms with van der Waals surface area (Å²) in [7, 11) is 1.67. The van der Waals surface area contributed by atoms with Crippen LogP contribution in [0.25, 0.3) is 0 Å². The van der Waals surface area contributed by atoms with Gasteiger partial charge in [0.1, 0.15) is 5.75 Å². The summed E-state index contributed by atoms with van der Waals surface area (Å²) in [6, 6.07) is 5.65. The predicted octanol–water partition coefficient (Wildman–Crippen LogP) is 1.30. The van der Waals surface area contributed by atoms with Crippen LogP contribution >= 0.6 is 0 Å². The van der Waals surface area contributed by atoms with Crippen LogP contribution in [0.4, 0.5) is 0 Å². The number of benzene rings is 1. The van der Waals surface area contributed by atoms with Crippen LogP contribution in [0.5, 0.6) is 5.75 Å². The molecule has 0 amide bonds. The molecule has 0 radical (unpaired) electrons. The van der Waals surface area contributed by atoms with Crippen molar-refractivity contribution in [3.8, 4) is 5.75 Å². The van der Waals surface area contributed by atoms with Gasteiger partial charge in [0.25, 0.3) is 0 Å². The fraction of sp³-hybridized carbons (Fsp3) is 0.500. The van der Waals surface area contributed by atoms with E-state index < -0.39 is 0 Å². The second-order valence-corrected chi connectivity index (χ2v) is 4.61. The number of Topliss-reactive ketones (excluding diaryl/α,β-unsaturated/α-hetero) is 1. The van der Waals surface area contributed by atoms with E-state index in [9.17, 15) is 4.79 Å². The number of piperazine rings is 1. The summed E-state index contributed by atoms with van der Waals surface area (Å²) in [4.78, 5) is 13.8. The molecule has 0 aliphatic carbocycles. The molecular weight excluding hydrogens is 228 g/mol. The van der Waals surface area contributed by atoms with Crippen molar-refractivity contribution in [1.29, 1.82) is 0 Å². The molecule has 0 spiro atoms. The molecule has 1 aliphatic heterocycles. The van der Waals surface area contributed by atoms with Crippen LogP contribution in [0.2, 0.25) is 0 Å². The van der Waals surface area contributed by atoms with E-state index in [1.807, 2.05) is 18.2 Å². The van der Waals surface area contributed by atoms with E-state index in [2.05, 4.69) is 10.2 Å². The maximum Gasteiger partial charge on any atom is 0.159 e. The Morgan fingerprint density at radius 1 is 1.39 bits per heavy atom. The molecule has 1 heterocycles. The van der Waals surface area contributed by atoms with Gasteiger partial charge in [0.15, 0.2) is 5.78 Å². The summed E-state index contributed by atoms with van der Waals surface area (Å²) in [5, 5.41) is 3.33. The van der Waals surface area contributed by atoms with Crippen molar-refractivity contribution in [1.82, 2.24) is 10.2 Å². The van der Waals surface area contributed by atoms with Crippen LogP contribution in [0.15, 0.2) is 18.2 Å². The molecule has 1 fully saturated rings. The molecule has 4 nitrogen and oxygen atoms in total. The van der Waals surface area contributed by atoms with Gasteiger partial charge in [-0.3, -0.25) is 9.69 Å². The average Bonchev–Trinajstić information content (AvgIpc) is 2.39. The van der Waals surface area contributed by atoms with Crippen molar-refractivity contribution >= 4 is 5.78 Å². The van der Waals surface area contributed by atoms with E-state index in [1.54, 1.807) is 14.0 Å². The quantitative estimate of drug-likeness (QED) is 0.816. The molecule has 1 saturated heterocycles. The molecule has 0 bridgehead atoms. The zero-order chi connectivity index (χ0) is 13.0. The van der Waals surface area contributed by atoms with Gasteiger partial charge in [-0.15, -0.1) is 0 Å². The summed E-state index contributed by atoms with van der Waals surface area (Å²) in [6.07, 6.45) is 0. The summed E-state index contributed by atoms with van der Waals surface area (Å²) in [5.41, 5.74) is 1.84. The van der Waals surface area contributed by atoms with Crippen molar-refractivity contribution in [2.24, 2.45) is 0 Å². The Bertz CT molecular complexity index is 426. The number of ether oxygens (including phenoxy) is 1. The minimum atomic E-state index is 0.0965. The number of ketones is 1. The highest BCUT2D eigenvalue weighted by atomic mass is 16.5. The Balaban J connectivity index is 2.17. The second kappa shape index (κ2) is 5.98. The fourth-order valence-corrected chi connectivity index (χ4v) is 2.23. The molecule has 98 valence electrons. The van der Waals surface area contributed by atoms with Gasteiger partial charge in [-0.1, -0.05) is 0 Å². The van der Waals surface area contributed by atoms with Crippen LogP contribution in [-0.2, 0) is 6.54 Å². The van der Waals surface area contributed by atoms with Gasteiger partial charge in [0.05, 0.1) is 7.11 Å². The van der Waals surface area contributed by atoms with E-state index in [0.717, 1.165) is 49.6 Å². The molecule has 0 aromatic heterocycles. The highest BCUT2D eigenvalue weighted by Gasteiger charge is 2.13. The minimum Gasteiger partial charge on any atom is -0.496 e. The van der Waals surface area contributed by atoms with E-state index in [-0.39, 0.29) is 5.78 Å². The number of carbonyl (C=O) groups excluding carboxylic acids is 1. The van der Waals surface area contributed by atoms with E-state index in [4.69, 9.17) is 4.74 Å². The monoisotopic (exact) mass is 248 g/mol. The molecule has 1 aliphatic rings. The van der Waals surface area contributed by atoms with Crippen LogP contribution in [0.1, 0.15) is 22.8 Å². The first-order valence-corrected chi connectivity index (χ1v) is 6.31. The first-order chi connectivity index (χ1) is 8.70. The maximum atomic E-state index is 11.4. The van der Waals surface area contributed by atoms with Crippen LogP contribution in [0, 0.1) is 0 Å². The van der Waals surface area contributed by atoms with Crippen molar-refractivity contribution in [3.63, 3.8) is 0 Å². The number of nitrogens with one attached hydrogen (secondary N) is 1. The van der Waals surface area contributed by atoms with Gasteiger partial charge in [0, 0.05) is 43.9 Å². The first-order valence-electron chi connectivity index (χ1n) is 6.31.